The van der Waals surface area contributed by atoms with Crippen LogP contribution in [0.25, 0.3) is 0 Å². The van der Waals surface area contributed by atoms with Gasteiger partial charge in [0.05, 0.1) is 26.2 Å². The molecule has 0 saturated carbocycles. The number of carboxylic acids is 1. The molecular weight excluding hydrogens is 370 g/mol. The number of rotatable bonds is 8. The van der Waals surface area contributed by atoms with Crippen molar-refractivity contribution >= 4 is 11.9 Å². The van der Waals surface area contributed by atoms with Gasteiger partial charge in [-0.15, -0.1) is 0 Å². The highest BCUT2D eigenvalue weighted by molar-refractivity contribution is 5.94. The van der Waals surface area contributed by atoms with Gasteiger partial charge in [0.15, 0.2) is 11.5 Å². The Hall–Kier alpha value is -3.02. The number of carboxylic acid groups (broad SMARTS) is 1. The first-order chi connectivity index (χ1) is 13.7. The summed E-state index contributed by atoms with van der Waals surface area (Å²) in [6.07, 6.45) is -0.247. The molecule has 2 N–H and O–H groups in total. The van der Waals surface area contributed by atoms with Crippen molar-refractivity contribution in [2.75, 3.05) is 13.7 Å². The second kappa shape index (κ2) is 9.45. The predicted molar refractivity (Wildman–Crippen MR) is 112 cm³/mol. The lowest BCUT2D eigenvalue weighted by molar-refractivity contribution is -0.137. The Morgan fingerprint density at radius 3 is 2.24 bits per heavy atom. The lowest BCUT2D eigenvalue weighted by atomic mass is 9.86. The van der Waals surface area contributed by atoms with E-state index in [9.17, 15) is 14.7 Å². The summed E-state index contributed by atoms with van der Waals surface area (Å²) in [6, 6.07) is 11.8. The third-order valence-electron chi connectivity index (χ3n) is 4.59. The number of carbonyl (C=O) groups excluding carboxylic acids is 1. The third kappa shape index (κ3) is 5.98. The fraction of sp³-hybridized carbons (Fsp3) is 0.391. The first-order valence-electron chi connectivity index (χ1n) is 9.59. The van der Waals surface area contributed by atoms with E-state index >= 15 is 0 Å². The SMILES string of the molecule is CCOc1ccc([C@H](CC(=O)O)NC(=O)c2ccc(C(C)(C)C)cc2)cc1OC. The van der Waals surface area contributed by atoms with Crippen LogP contribution in [0, 0.1) is 0 Å². The molecule has 0 fully saturated rings. The Bertz CT molecular complexity index is 853. The van der Waals surface area contributed by atoms with Crippen LogP contribution in [0.15, 0.2) is 42.5 Å². The lowest BCUT2D eigenvalue weighted by Crippen LogP contribution is -2.30. The lowest BCUT2D eigenvalue weighted by Gasteiger charge is -2.21. The highest BCUT2D eigenvalue weighted by Gasteiger charge is 2.21. The maximum absolute atomic E-state index is 12.7. The highest BCUT2D eigenvalue weighted by Crippen LogP contribution is 2.31. The summed E-state index contributed by atoms with van der Waals surface area (Å²) in [6.45, 7) is 8.65. The van der Waals surface area contributed by atoms with E-state index in [2.05, 4.69) is 26.1 Å². The maximum atomic E-state index is 12.7. The number of carbonyl (C=O) groups is 2. The van der Waals surface area contributed by atoms with Gasteiger partial charge in [0.2, 0.25) is 0 Å². The number of hydrogen-bond donors (Lipinski definition) is 2. The van der Waals surface area contributed by atoms with Gasteiger partial charge in [0, 0.05) is 5.56 Å². The molecule has 0 bridgehead atoms. The molecule has 0 aliphatic rings. The van der Waals surface area contributed by atoms with Gasteiger partial charge in [-0.05, 0) is 47.7 Å². The molecule has 0 aliphatic carbocycles. The Balaban J connectivity index is 2.26. The number of ether oxygens (including phenoxy) is 2. The van der Waals surface area contributed by atoms with E-state index < -0.39 is 12.0 Å². The van der Waals surface area contributed by atoms with Gasteiger partial charge in [-0.3, -0.25) is 9.59 Å². The molecule has 0 aromatic heterocycles. The molecule has 156 valence electrons. The highest BCUT2D eigenvalue weighted by atomic mass is 16.5. The number of hydrogen-bond acceptors (Lipinski definition) is 4. The monoisotopic (exact) mass is 399 g/mol. The minimum absolute atomic E-state index is 0.0142. The van der Waals surface area contributed by atoms with Crippen LogP contribution < -0.4 is 14.8 Å². The van der Waals surface area contributed by atoms with E-state index in [-0.39, 0.29) is 17.7 Å². The van der Waals surface area contributed by atoms with Crippen LogP contribution in [0.5, 0.6) is 11.5 Å². The van der Waals surface area contributed by atoms with E-state index in [4.69, 9.17) is 9.47 Å². The summed E-state index contributed by atoms with van der Waals surface area (Å²) in [5.74, 6) is -0.281. The maximum Gasteiger partial charge on any atom is 0.305 e. The van der Waals surface area contributed by atoms with Gasteiger partial charge >= 0.3 is 5.97 Å². The van der Waals surface area contributed by atoms with Crippen LogP contribution in [-0.2, 0) is 10.2 Å². The molecule has 2 aromatic carbocycles. The third-order valence-corrected chi connectivity index (χ3v) is 4.59. The smallest absolute Gasteiger partial charge is 0.305 e. The molecule has 2 rings (SSSR count). The van der Waals surface area contributed by atoms with Crippen LogP contribution in [0.1, 0.15) is 61.6 Å². The fourth-order valence-corrected chi connectivity index (χ4v) is 2.97. The second-order valence-corrected chi connectivity index (χ2v) is 7.79. The minimum atomic E-state index is -1.01. The number of nitrogens with one attached hydrogen (secondary N) is 1. The number of amides is 1. The van der Waals surface area contributed by atoms with E-state index in [0.29, 0.717) is 29.2 Å². The summed E-state index contributed by atoms with van der Waals surface area (Å²) in [5.41, 5.74) is 2.21. The summed E-state index contributed by atoms with van der Waals surface area (Å²) in [5, 5.41) is 12.1. The zero-order valence-electron chi connectivity index (χ0n) is 17.6. The van der Waals surface area contributed by atoms with Crippen LogP contribution in [0.4, 0.5) is 0 Å². The molecule has 2 aromatic rings. The van der Waals surface area contributed by atoms with Crippen molar-refractivity contribution in [3.63, 3.8) is 0 Å². The average Bonchev–Trinajstić information content (AvgIpc) is 2.67. The zero-order valence-corrected chi connectivity index (χ0v) is 17.6. The van der Waals surface area contributed by atoms with Gasteiger partial charge in [-0.2, -0.15) is 0 Å². The van der Waals surface area contributed by atoms with Gasteiger partial charge in [-0.25, -0.2) is 0 Å². The number of aliphatic carboxylic acids is 1. The van der Waals surface area contributed by atoms with Crippen LogP contribution >= 0.6 is 0 Å². The van der Waals surface area contributed by atoms with Gasteiger partial charge in [-0.1, -0.05) is 39.0 Å². The summed E-state index contributed by atoms with van der Waals surface area (Å²) >= 11 is 0. The van der Waals surface area contributed by atoms with E-state index in [1.807, 2.05) is 19.1 Å². The summed E-state index contributed by atoms with van der Waals surface area (Å²) in [4.78, 5) is 24.1. The van der Waals surface area contributed by atoms with Gasteiger partial charge < -0.3 is 19.9 Å². The Morgan fingerprint density at radius 2 is 1.72 bits per heavy atom. The van der Waals surface area contributed by atoms with E-state index in [0.717, 1.165) is 5.56 Å². The van der Waals surface area contributed by atoms with Gasteiger partial charge in [0.25, 0.3) is 5.91 Å². The van der Waals surface area contributed by atoms with Crippen molar-refractivity contribution in [1.82, 2.24) is 5.32 Å². The standard InChI is InChI=1S/C23H29NO5/c1-6-29-19-12-9-16(13-20(19)28-5)18(14-21(25)26)24-22(27)15-7-10-17(11-8-15)23(2,3)4/h7-13,18H,6,14H2,1-5H3,(H,24,27)(H,25,26)/t18-/m0/s1. The molecule has 29 heavy (non-hydrogen) atoms. The molecule has 6 nitrogen and oxygen atoms in total. The molecule has 0 aliphatic heterocycles. The van der Waals surface area contributed by atoms with Crippen molar-refractivity contribution in [1.29, 1.82) is 0 Å². The Morgan fingerprint density at radius 1 is 1.07 bits per heavy atom. The first kappa shape index (κ1) is 22.3. The molecule has 1 atom stereocenters. The van der Waals surface area contributed by atoms with Crippen molar-refractivity contribution in [3.05, 3.63) is 59.2 Å². The largest absolute Gasteiger partial charge is 0.493 e. The molecule has 1 amide bonds. The summed E-state index contributed by atoms with van der Waals surface area (Å²) in [7, 11) is 1.52. The zero-order chi connectivity index (χ0) is 21.6. The van der Waals surface area contributed by atoms with Crippen LogP contribution in [0.2, 0.25) is 0 Å². The van der Waals surface area contributed by atoms with Crippen LogP contribution in [-0.4, -0.2) is 30.7 Å². The molecule has 0 unspecified atom stereocenters. The normalized spacial score (nSPS) is 12.2. The number of methoxy groups -OCH3 is 1. The van der Waals surface area contributed by atoms with Crippen molar-refractivity contribution in [2.24, 2.45) is 0 Å². The minimum Gasteiger partial charge on any atom is -0.493 e. The quantitative estimate of drug-likeness (QED) is 0.690. The topological polar surface area (TPSA) is 84.9 Å². The Labute approximate surface area is 171 Å². The van der Waals surface area contributed by atoms with Crippen LogP contribution in [0.3, 0.4) is 0 Å². The fourth-order valence-electron chi connectivity index (χ4n) is 2.97. The summed E-state index contributed by atoms with van der Waals surface area (Å²) < 4.78 is 10.8. The molecule has 0 spiro atoms. The average molecular weight is 399 g/mol. The first-order valence-corrected chi connectivity index (χ1v) is 9.59. The molecular formula is C23H29NO5. The second-order valence-electron chi connectivity index (χ2n) is 7.79. The van der Waals surface area contributed by atoms with Crippen molar-refractivity contribution < 1.29 is 24.2 Å². The predicted octanol–water partition coefficient (Wildman–Crippen LogP) is 4.34. The number of benzene rings is 2. The molecule has 0 heterocycles. The molecule has 0 radical (unpaired) electrons. The Kier molecular flexibility index (Phi) is 7.26. The van der Waals surface area contributed by atoms with Crippen molar-refractivity contribution in [3.8, 4) is 11.5 Å². The molecule has 6 heteroatoms. The van der Waals surface area contributed by atoms with E-state index in [1.54, 1.807) is 30.3 Å². The van der Waals surface area contributed by atoms with Gasteiger partial charge in [0.1, 0.15) is 0 Å². The van der Waals surface area contributed by atoms with E-state index in [1.165, 1.54) is 7.11 Å². The van der Waals surface area contributed by atoms with Crippen molar-refractivity contribution in [2.45, 2.75) is 45.6 Å². The molecule has 0 saturated heterocycles.